The number of phenolic OH excluding ortho intramolecular Hbond substituents is 1. The first-order valence-corrected chi connectivity index (χ1v) is 8.77. The van der Waals surface area contributed by atoms with Gasteiger partial charge in [-0.05, 0) is 61.2 Å². The molecule has 0 heterocycles. The van der Waals surface area contributed by atoms with Crippen LogP contribution >= 0.6 is 11.6 Å². The molecule has 1 atom stereocenters. The van der Waals surface area contributed by atoms with Gasteiger partial charge in [-0.1, -0.05) is 35.9 Å². The highest BCUT2D eigenvalue weighted by molar-refractivity contribution is 6.30. The number of carbonyl (C=O) groups is 1. The molecule has 0 fully saturated rings. The molecule has 0 bridgehead atoms. The molecule has 1 aliphatic rings. The lowest BCUT2D eigenvalue weighted by atomic mass is 10.0. The highest BCUT2D eigenvalue weighted by Crippen LogP contribution is 2.22. The third-order valence-electron chi connectivity index (χ3n) is 4.27. The van der Waals surface area contributed by atoms with Crippen molar-refractivity contribution in [3.8, 4) is 5.75 Å². The van der Waals surface area contributed by atoms with Gasteiger partial charge in [0.15, 0.2) is 0 Å². The van der Waals surface area contributed by atoms with Crippen LogP contribution < -0.4 is 5.32 Å². The number of hydrogen-bond donors (Lipinski definition) is 2. The van der Waals surface area contributed by atoms with Crippen LogP contribution in [-0.4, -0.2) is 22.1 Å². The van der Waals surface area contributed by atoms with Gasteiger partial charge >= 0.3 is 6.03 Å². The van der Waals surface area contributed by atoms with Crippen molar-refractivity contribution in [3.05, 3.63) is 71.3 Å². The molecular weight excluding hydrogens is 336 g/mol. The molecule has 1 aliphatic carbocycles. The maximum atomic E-state index is 12.9. The Morgan fingerprint density at radius 1 is 1.16 bits per heavy atom. The zero-order valence-electron chi connectivity index (χ0n) is 13.9. The van der Waals surface area contributed by atoms with E-state index in [1.54, 1.807) is 24.3 Å². The Kier molecular flexibility index (Phi) is 5.61. The summed E-state index contributed by atoms with van der Waals surface area (Å²) < 4.78 is 0. The number of nitrogens with zero attached hydrogens (tertiary/aromatic N) is 1. The smallest absolute Gasteiger partial charge is 0.322 e. The molecule has 2 aromatic carbocycles. The normalized spacial score (nSPS) is 16.4. The number of urea groups is 1. The van der Waals surface area contributed by atoms with E-state index in [2.05, 4.69) is 17.5 Å². The third kappa shape index (κ3) is 4.77. The first-order valence-electron chi connectivity index (χ1n) is 8.39. The van der Waals surface area contributed by atoms with E-state index in [4.69, 9.17) is 11.6 Å². The summed E-state index contributed by atoms with van der Waals surface area (Å²) in [7, 11) is 0. The van der Waals surface area contributed by atoms with E-state index in [1.807, 2.05) is 29.2 Å². The third-order valence-corrected chi connectivity index (χ3v) is 4.53. The minimum Gasteiger partial charge on any atom is -0.508 e. The van der Waals surface area contributed by atoms with E-state index in [9.17, 15) is 9.90 Å². The lowest BCUT2D eigenvalue weighted by molar-refractivity contribution is 0.191. The molecule has 25 heavy (non-hydrogen) atoms. The van der Waals surface area contributed by atoms with E-state index in [0.29, 0.717) is 17.3 Å². The summed E-state index contributed by atoms with van der Waals surface area (Å²) in [6, 6.07) is 14.0. The number of hydrogen-bond acceptors (Lipinski definition) is 2. The van der Waals surface area contributed by atoms with Gasteiger partial charge in [-0.2, -0.15) is 0 Å². The van der Waals surface area contributed by atoms with Crippen molar-refractivity contribution in [3.63, 3.8) is 0 Å². The number of rotatable bonds is 4. The van der Waals surface area contributed by atoms with Gasteiger partial charge in [0.25, 0.3) is 0 Å². The first-order chi connectivity index (χ1) is 12.1. The van der Waals surface area contributed by atoms with E-state index in [-0.39, 0.29) is 17.8 Å². The maximum Gasteiger partial charge on any atom is 0.322 e. The fraction of sp³-hybridized carbons (Fsp3) is 0.250. The van der Waals surface area contributed by atoms with Crippen LogP contribution in [0, 0.1) is 0 Å². The second-order valence-corrected chi connectivity index (χ2v) is 6.59. The second-order valence-electron chi connectivity index (χ2n) is 6.16. The number of benzene rings is 2. The van der Waals surface area contributed by atoms with E-state index >= 15 is 0 Å². The lowest BCUT2D eigenvalue weighted by Gasteiger charge is -2.32. The van der Waals surface area contributed by atoms with Gasteiger partial charge in [0.1, 0.15) is 5.75 Å². The molecule has 0 saturated carbocycles. The molecule has 0 aliphatic heterocycles. The molecule has 2 aromatic rings. The number of phenols is 1. The number of halogens is 1. The molecule has 0 radical (unpaired) electrons. The zero-order valence-corrected chi connectivity index (χ0v) is 14.6. The summed E-state index contributed by atoms with van der Waals surface area (Å²) >= 11 is 5.96. The fourth-order valence-corrected chi connectivity index (χ4v) is 3.05. The molecule has 2 N–H and O–H groups in total. The van der Waals surface area contributed by atoms with Crippen molar-refractivity contribution >= 4 is 23.3 Å². The highest BCUT2D eigenvalue weighted by atomic mass is 35.5. The summed E-state index contributed by atoms with van der Waals surface area (Å²) in [6.07, 6.45) is 7.33. The number of amides is 2. The maximum absolute atomic E-state index is 12.9. The number of aromatic hydroxyl groups is 1. The van der Waals surface area contributed by atoms with Crippen molar-refractivity contribution in [1.82, 2.24) is 4.90 Å². The monoisotopic (exact) mass is 356 g/mol. The number of allylic oxidation sites excluding steroid dienone is 1. The molecule has 2 amide bonds. The van der Waals surface area contributed by atoms with E-state index < -0.39 is 0 Å². The van der Waals surface area contributed by atoms with Crippen molar-refractivity contribution < 1.29 is 9.90 Å². The molecule has 3 rings (SSSR count). The largest absolute Gasteiger partial charge is 0.508 e. The summed E-state index contributed by atoms with van der Waals surface area (Å²) in [5.74, 6) is 0.172. The van der Waals surface area contributed by atoms with Crippen molar-refractivity contribution in [2.24, 2.45) is 0 Å². The Balaban J connectivity index is 1.78. The highest BCUT2D eigenvalue weighted by Gasteiger charge is 2.23. The average molecular weight is 357 g/mol. The molecule has 5 heteroatoms. The van der Waals surface area contributed by atoms with Gasteiger partial charge in [0.2, 0.25) is 0 Å². The number of nitrogens with one attached hydrogen (secondary N) is 1. The van der Waals surface area contributed by atoms with Crippen LogP contribution in [0.4, 0.5) is 10.5 Å². The Hall–Kier alpha value is -2.46. The van der Waals surface area contributed by atoms with Gasteiger partial charge in [0.05, 0.1) is 6.04 Å². The Morgan fingerprint density at radius 3 is 2.52 bits per heavy atom. The van der Waals surface area contributed by atoms with Crippen molar-refractivity contribution in [1.29, 1.82) is 0 Å². The van der Waals surface area contributed by atoms with Gasteiger partial charge in [-0.15, -0.1) is 0 Å². The molecule has 0 aromatic heterocycles. The topological polar surface area (TPSA) is 52.6 Å². The van der Waals surface area contributed by atoms with Gasteiger partial charge in [0, 0.05) is 17.3 Å². The summed E-state index contributed by atoms with van der Waals surface area (Å²) in [6.45, 7) is 0.510. The van der Waals surface area contributed by atoms with Crippen LogP contribution in [0.3, 0.4) is 0 Å². The van der Waals surface area contributed by atoms with E-state index in [0.717, 1.165) is 24.8 Å². The molecule has 0 saturated heterocycles. The van der Waals surface area contributed by atoms with Crippen LogP contribution in [0.25, 0.3) is 0 Å². The Bertz CT molecular complexity index is 741. The first kappa shape index (κ1) is 17.4. The van der Waals surface area contributed by atoms with Crippen LogP contribution in [0.15, 0.2) is 60.7 Å². The quantitative estimate of drug-likeness (QED) is 0.585. The van der Waals surface area contributed by atoms with Crippen molar-refractivity contribution in [2.75, 3.05) is 5.32 Å². The predicted octanol–water partition coefficient (Wildman–Crippen LogP) is 5.19. The Morgan fingerprint density at radius 2 is 1.88 bits per heavy atom. The Labute approximate surface area is 152 Å². The fourth-order valence-electron chi connectivity index (χ4n) is 2.92. The van der Waals surface area contributed by atoms with Crippen LogP contribution in [0.2, 0.25) is 5.02 Å². The lowest BCUT2D eigenvalue weighted by Crippen LogP contribution is -2.42. The summed E-state index contributed by atoms with van der Waals surface area (Å²) in [5.41, 5.74) is 1.69. The molecular formula is C20H21ClN2O2. The molecule has 130 valence electrons. The second kappa shape index (κ2) is 8.08. The van der Waals surface area contributed by atoms with Crippen LogP contribution in [0.1, 0.15) is 24.8 Å². The number of carbonyl (C=O) groups excluding carboxylic acids is 1. The molecule has 1 unspecified atom stereocenters. The minimum atomic E-state index is -0.155. The SMILES string of the molecule is O=C(Nc1ccc(O)cc1)N(Cc1ccc(Cl)cc1)C1C=CCCC1. The van der Waals surface area contributed by atoms with Crippen LogP contribution in [-0.2, 0) is 6.54 Å². The summed E-state index contributed by atoms with van der Waals surface area (Å²) in [4.78, 5) is 14.7. The van der Waals surface area contributed by atoms with Gasteiger partial charge in [-0.3, -0.25) is 0 Å². The van der Waals surface area contributed by atoms with Gasteiger partial charge < -0.3 is 15.3 Å². The minimum absolute atomic E-state index is 0.0709. The van der Waals surface area contributed by atoms with E-state index in [1.165, 1.54) is 0 Å². The van der Waals surface area contributed by atoms with Crippen molar-refractivity contribution in [2.45, 2.75) is 31.8 Å². The molecule has 4 nitrogen and oxygen atoms in total. The number of anilines is 1. The average Bonchev–Trinajstić information content (AvgIpc) is 2.64. The van der Waals surface area contributed by atoms with Gasteiger partial charge in [-0.25, -0.2) is 4.79 Å². The zero-order chi connectivity index (χ0) is 17.6. The standard InChI is InChI=1S/C20H21ClN2O2/c21-16-8-6-15(7-9-16)14-23(18-4-2-1-3-5-18)20(25)22-17-10-12-19(24)13-11-17/h2,4,6-13,18,24H,1,3,5,14H2,(H,22,25). The summed E-state index contributed by atoms with van der Waals surface area (Å²) in [5, 5.41) is 13.0. The predicted molar refractivity (Wildman–Crippen MR) is 101 cm³/mol. The van der Waals surface area contributed by atoms with Crippen LogP contribution in [0.5, 0.6) is 5.75 Å². The molecule has 0 spiro atoms.